The van der Waals surface area contributed by atoms with Gasteiger partial charge in [-0.25, -0.2) is 14.6 Å². The standard InChI is InChI=1S/C23H29N3O5/c1-5-30-21(28)19-20(27)26(18-9-7-6-8-17(18)24-19)16-12-14-10-11-15(13-16)25(14)22(29)31-23(2,3)4/h6-9,14-16H,5,10-13H2,1-4H3. The van der Waals surface area contributed by atoms with E-state index in [0.29, 0.717) is 23.9 Å². The Hall–Kier alpha value is -2.90. The minimum atomic E-state index is -0.707. The van der Waals surface area contributed by atoms with E-state index in [9.17, 15) is 14.4 Å². The number of carbonyl (C=O) groups excluding carboxylic acids is 2. The number of hydrogen-bond donors (Lipinski definition) is 0. The summed E-state index contributed by atoms with van der Waals surface area (Å²) in [7, 11) is 0. The summed E-state index contributed by atoms with van der Waals surface area (Å²) in [5, 5.41) is 0. The fourth-order valence-corrected chi connectivity index (χ4v) is 4.82. The highest BCUT2D eigenvalue weighted by molar-refractivity contribution is 5.89. The fraction of sp³-hybridized carbons (Fsp3) is 0.565. The Morgan fingerprint density at radius 2 is 1.74 bits per heavy atom. The minimum absolute atomic E-state index is 0.00321. The maximum atomic E-state index is 13.3. The van der Waals surface area contributed by atoms with Gasteiger partial charge >= 0.3 is 12.1 Å². The number of carbonyl (C=O) groups is 2. The highest BCUT2D eigenvalue weighted by atomic mass is 16.6. The monoisotopic (exact) mass is 427 g/mol. The van der Waals surface area contributed by atoms with E-state index < -0.39 is 17.1 Å². The van der Waals surface area contributed by atoms with Crippen molar-refractivity contribution in [1.29, 1.82) is 0 Å². The van der Waals surface area contributed by atoms with Gasteiger partial charge in [0.15, 0.2) is 0 Å². The van der Waals surface area contributed by atoms with Gasteiger partial charge in [0.1, 0.15) is 5.60 Å². The van der Waals surface area contributed by atoms with Gasteiger partial charge in [0, 0.05) is 18.1 Å². The summed E-state index contributed by atoms with van der Waals surface area (Å²) >= 11 is 0. The smallest absolute Gasteiger partial charge is 0.410 e. The molecule has 8 nitrogen and oxygen atoms in total. The van der Waals surface area contributed by atoms with E-state index in [1.807, 2.05) is 43.9 Å². The quantitative estimate of drug-likeness (QED) is 0.694. The van der Waals surface area contributed by atoms with Crippen molar-refractivity contribution in [3.05, 3.63) is 40.3 Å². The maximum Gasteiger partial charge on any atom is 0.410 e. The van der Waals surface area contributed by atoms with Crippen molar-refractivity contribution in [2.75, 3.05) is 6.61 Å². The molecular formula is C23H29N3O5. The van der Waals surface area contributed by atoms with Crippen LogP contribution in [0.4, 0.5) is 4.79 Å². The molecule has 31 heavy (non-hydrogen) atoms. The van der Waals surface area contributed by atoms with E-state index in [-0.39, 0.29) is 36.5 Å². The molecular weight excluding hydrogens is 398 g/mol. The number of esters is 1. The lowest BCUT2D eigenvalue weighted by molar-refractivity contribution is 0.00300. The Labute approximate surface area is 181 Å². The summed E-state index contributed by atoms with van der Waals surface area (Å²) in [5.41, 5.74) is 0.0811. The second-order valence-corrected chi connectivity index (χ2v) is 9.24. The fourth-order valence-electron chi connectivity index (χ4n) is 4.82. The average Bonchev–Trinajstić information content (AvgIpc) is 2.97. The highest BCUT2D eigenvalue weighted by Gasteiger charge is 2.46. The first kappa shape index (κ1) is 21.3. The molecule has 2 aromatic rings. The van der Waals surface area contributed by atoms with Crippen molar-refractivity contribution in [2.45, 2.75) is 77.1 Å². The van der Waals surface area contributed by atoms with Crippen LogP contribution in [0.5, 0.6) is 0 Å². The summed E-state index contributed by atoms with van der Waals surface area (Å²) < 4.78 is 12.4. The Morgan fingerprint density at radius 1 is 1.10 bits per heavy atom. The van der Waals surface area contributed by atoms with E-state index >= 15 is 0 Å². The molecule has 2 aliphatic heterocycles. The maximum absolute atomic E-state index is 13.3. The molecule has 2 unspecified atom stereocenters. The first-order valence-corrected chi connectivity index (χ1v) is 10.9. The molecule has 1 aromatic carbocycles. The van der Waals surface area contributed by atoms with Crippen molar-refractivity contribution in [1.82, 2.24) is 14.5 Å². The van der Waals surface area contributed by atoms with Crippen LogP contribution in [0.1, 0.15) is 69.9 Å². The third kappa shape index (κ3) is 4.03. The van der Waals surface area contributed by atoms with Gasteiger partial charge in [0.05, 0.1) is 17.6 Å². The molecule has 2 aliphatic rings. The van der Waals surface area contributed by atoms with Crippen molar-refractivity contribution < 1.29 is 19.1 Å². The van der Waals surface area contributed by atoms with Gasteiger partial charge in [0.2, 0.25) is 5.69 Å². The molecule has 166 valence electrons. The van der Waals surface area contributed by atoms with Crippen LogP contribution in [-0.2, 0) is 9.47 Å². The molecule has 0 aliphatic carbocycles. The molecule has 1 aromatic heterocycles. The van der Waals surface area contributed by atoms with Gasteiger partial charge in [-0.05, 0) is 65.5 Å². The number of benzene rings is 1. The van der Waals surface area contributed by atoms with Gasteiger partial charge in [0.25, 0.3) is 5.56 Å². The summed E-state index contributed by atoms with van der Waals surface area (Å²) in [5.74, 6) is -0.707. The lowest BCUT2D eigenvalue weighted by atomic mass is 9.97. The highest BCUT2D eigenvalue weighted by Crippen LogP contribution is 2.41. The normalized spacial score (nSPS) is 23.1. The SMILES string of the molecule is CCOC(=O)c1nc2ccccc2n(C2CC3CCC(C2)N3C(=O)OC(C)(C)C)c1=O. The number of fused-ring (bicyclic) bond motifs is 3. The van der Waals surface area contributed by atoms with E-state index in [2.05, 4.69) is 4.98 Å². The van der Waals surface area contributed by atoms with Crippen molar-refractivity contribution in [3.63, 3.8) is 0 Å². The van der Waals surface area contributed by atoms with Crippen LogP contribution in [-0.4, -0.2) is 50.8 Å². The van der Waals surface area contributed by atoms with Gasteiger partial charge < -0.3 is 18.9 Å². The molecule has 2 saturated heterocycles. The predicted molar refractivity (Wildman–Crippen MR) is 115 cm³/mol. The zero-order valence-electron chi connectivity index (χ0n) is 18.5. The summed E-state index contributed by atoms with van der Waals surface area (Å²) in [4.78, 5) is 44.6. The molecule has 2 fully saturated rings. The van der Waals surface area contributed by atoms with Crippen LogP contribution < -0.4 is 5.56 Å². The molecule has 0 radical (unpaired) electrons. The average molecular weight is 428 g/mol. The Kier molecular flexibility index (Phi) is 5.49. The van der Waals surface area contributed by atoms with Crippen molar-refractivity contribution in [3.8, 4) is 0 Å². The van der Waals surface area contributed by atoms with E-state index in [1.54, 1.807) is 17.6 Å². The number of rotatable bonds is 3. The summed E-state index contributed by atoms with van der Waals surface area (Å²) in [6.45, 7) is 7.45. The molecule has 3 heterocycles. The van der Waals surface area contributed by atoms with Crippen LogP contribution in [0.15, 0.2) is 29.1 Å². The number of piperidine rings is 1. The zero-order valence-corrected chi connectivity index (χ0v) is 18.5. The molecule has 2 bridgehead atoms. The second-order valence-electron chi connectivity index (χ2n) is 9.24. The third-order valence-electron chi connectivity index (χ3n) is 5.94. The zero-order chi connectivity index (χ0) is 22.3. The number of aromatic nitrogens is 2. The third-order valence-corrected chi connectivity index (χ3v) is 5.94. The minimum Gasteiger partial charge on any atom is -0.461 e. The molecule has 0 spiro atoms. The van der Waals surface area contributed by atoms with Gasteiger partial charge in [-0.2, -0.15) is 0 Å². The van der Waals surface area contributed by atoms with Gasteiger partial charge in [-0.15, -0.1) is 0 Å². The Bertz CT molecular complexity index is 1060. The largest absolute Gasteiger partial charge is 0.461 e. The Morgan fingerprint density at radius 3 is 2.35 bits per heavy atom. The van der Waals surface area contributed by atoms with Crippen molar-refractivity contribution >= 4 is 23.1 Å². The van der Waals surface area contributed by atoms with Gasteiger partial charge in [-0.3, -0.25) is 4.79 Å². The lowest BCUT2D eigenvalue weighted by Gasteiger charge is -2.40. The predicted octanol–water partition coefficient (Wildman–Crippen LogP) is 3.68. The first-order chi connectivity index (χ1) is 14.7. The van der Waals surface area contributed by atoms with Crippen LogP contribution in [0.25, 0.3) is 11.0 Å². The molecule has 2 atom stereocenters. The number of amides is 1. The second kappa shape index (κ2) is 7.98. The van der Waals surface area contributed by atoms with Crippen molar-refractivity contribution in [2.24, 2.45) is 0 Å². The lowest BCUT2D eigenvalue weighted by Crippen LogP contribution is -2.50. The summed E-state index contributed by atoms with van der Waals surface area (Å²) in [6.07, 6.45) is 2.72. The van der Waals surface area contributed by atoms with Crippen LogP contribution in [0, 0.1) is 0 Å². The molecule has 0 saturated carbocycles. The molecule has 8 heteroatoms. The number of para-hydroxylation sites is 2. The molecule has 4 rings (SSSR count). The number of ether oxygens (including phenoxy) is 2. The van der Waals surface area contributed by atoms with Crippen LogP contribution >= 0.6 is 0 Å². The van der Waals surface area contributed by atoms with Crippen LogP contribution in [0.2, 0.25) is 0 Å². The van der Waals surface area contributed by atoms with Gasteiger partial charge in [-0.1, -0.05) is 12.1 Å². The van der Waals surface area contributed by atoms with E-state index in [1.165, 1.54) is 0 Å². The topological polar surface area (TPSA) is 90.7 Å². The first-order valence-electron chi connectivity index (χ1n) is 10.9. The summed E-state index contributed by atoms with van der Waals surface area (Å²) in [6, 6.07) is 7.19. The van der Waals surface area contributed by atoms with E-state index in [4.69, 9.17) is 9.47 Å². The molecule has 1 amide bonds. The van der Waals surface area contributed by atoms with Crippen LogP contribution in [0.3, 0.4) is 0 Å². The number of hydrogen-bond acceptors (Lipinski definition) is 6. The number of nitrogens with zero attached hydrogens (tertiary/aromatic N) is 3. The Balaban J connectivity index is 1.71. The van der Waals surface area contributed by atoms with E-state index in [0.717, 1.165) is 12.8 Å². The molecule has 0 N–H and O–H groups in total.